The molecule has 1 aromatic rings. The standard InChI is InChI=1S/C14H24N4O2/c1-11-13(12(2)20-16-11)10-14(19)15-4-5-18-8-6-17(3)7-9-18/h4-10H2,1-3H3,(H,15,19). The second kappa shape index (κ2) is 6.85. The highest BCUT2D eigenvalue weighted by atomic mass is 16.5. The molecule has 0 aromatic carbocycles. The molecule has 1 aliphatic rings. The van der Waals surface area contributed by atoms with E-state index in [1.54, 1.807) is 0 Å². The zero-order valence-corrected chi connectivity index (χ0v) is 12.6. The first-order valence-electron chi connectivity index (χ1n) is 7.15. The molecule has 0 unspecified atom stereocenters. The van der Waals surface area contributed by atoms with E-state index in [0.717, 1.165) is 49.7 Å². The summed E-state index contributed by atoms with van der Waals surface area (Å²) in [6, 6.07) is 0. The molecule has 2 heterocycles. The molecule has 0 spiro atoms. The molecule has 1 aliphatic heterocycles. The van der Waals surface area contributed by atoms with Crippen molar-refractivity contribution >= 4 is 5.91 Å². The summed E-state index contributed by atoms with van der Waals surface area (Å²) < 4.78 is 5.06. The lowest BCUT2D eigenvalue weighted by molar-refractivity contribution is -0.120. The minimum Gasteiger partial charge on any atom is -0.361 e. The van der Waals surface area contributed by atoms with Gasteiger partial charge in [0.15, 0.2) is 0 Å². The Morgan fingerprint density at radius 1 is 1.30 bits per heavy atom. The Morgan fingerprint density at radius 3 is 2.60 bits per heavy atom. The molecule has 0 bridgehead atoms. The Labute approximate surface area is 120 Å². The lowest BCUT2D eigenvalue weighted by Crippen LogP contribution is -2.47. The number of nitrogens with zero attached hydrogens (tertiary/aromatic N) is 3. The van der Waals surface area contributed by atoms with Crippen molar-refractivity contribution in [2.75, 3.05) is 46.3 Å². The van der Waals surface area contributed by atoms with Gasteiger partial charge in [0.25, 0.3) is 0 Å². The van der Waals surface area contributed by atoms with Crippen LogP contribution in [0.2, 0.25) is 0 Å². The zero-order valence-electron chi connectivity index (χ0n) is 12.6. The SMILES string of the molecule is Cc1noc(C)c1CC(=O)NCCN1CCN(C)CC1. The normalized spacial score (nSPS) is 17.4. The molecule has 0 atom stereocenters. The van der Waals surface area contributed by atoms with Gasteiger partial charge in [-0.1, -0.05) is 5.16 Å². The van der Waals surface area contributed by atoms with Gasteiger partial charge in [-0.15, -0.1) is 0 Å². The molecule has 6 heteroatoms. The van der Waals surface area contributed by atoms with E-state index in [0.29, 0.717) is 13.0 Å². The van der Waals surface area contributed by atoms with Crippen LogP contribution in [0.25, 0.3) is 0 Å². The highest BCUT2D eigenvalue weighted by Gasteiger charge is 2.15. The Hall–Kier alpha value is -1.40. The van der Waals surface area contributed by atoms with Crippen LogP contribution in [0, 0.1) is 13.8 Å². The third-order valence-corrected chi connectivity index (χ3v) is 3.86. The van der Waals surface area contributed by atoms with E-state index in [1.807, 2.05) is 13.8 Å². The van der Waals surface area contributed by atoms with Gasteiger partial charge in [-0.3, -0.25) is 9.69 Å². The molecular weight excluding hydrogens is 256 g/mol. The second-order valence-electron chi connectivity index (χ2n) is 5.47. The van der Waals surface area contributed by atoms with Crippen molar-refractivity contribution in [2.24, 2.45) is 0 Å². The van der Waals surface area contributed by atoms with Gasteiger partial charge >= 0.3 is 0 Å². The van der Waals surface area contributed by atoms with Gasteiger partial charge in [0, 0.05) is 44.8 Å². The molecule has 0 radical (unpaired) electrons. The third-order valence-electron chi connectivity index (χ3n) is 3.86. The Kier molecular flexibility index (Phi) is 5.14. The van der Waals surface area contributed by atoms with Crippen molar-refractivity contribution < 1.29 is 9.32 Å². The Balaban J connectivity index is 1.68. The van der Waals surface area contributed by atoms with E-state index < -0.39 is 0 Å². The first-order chi connectivity index (χ1) is 9.56. The maximum atomic E-state index is 11.9. The minimum absolute atomic E-state index is 0.0357. The van der Waals surface area contributed by atoms with Crippen molar-refractivity contribution in [1.29, 1.82) is 0 Å². The number of rotatable bonds is 5. The minimum atomic E-state index is 0.0357. The van der Waals surface area contributed by atoms with E-state index in [1.165, 1.54) is 0 Å². The summed E-state index contributed by atoms with van der Waals surface area (Å²) in [4.78, 5) is 16.6. The van der Waals surface area contributed by atoms with E-state index in [2.05, 4.69) is 27.3 Å². The summed E-state index contributed by atoms with van der Waals surface area (Å²) >= 11 is 0. The number of nitrogens with one attached hydrogen (secondary N) is 1. The number of amides is 1. The number of likely N-dealkylation sites (N-methyl/N-ethyl adjacent to an activating group) is 1. The number of carbonyl (C=O) groups is 1. The largest absolute Gasteiger partial charge is 0.361 e. The lowest BCUT2D eigenvalue weighted by atomic mass is 10.1. The summed E-state index contributed by atoms with van der Waals surface area (Å²) in [5, 5.41) is 6.83. The molecule has 1 amide bonds. The second-order valence-corrected chi connectivity index (χ2v) is 5.47. The van der Waals surface area contributed by atoms with E-state index in [4.69, 9.17) is 4.52 Å². The Morgan fingerprint density at radius 2 is 2.00 bits per heavy atom. The molecule has 20 heavy (non-hydrogen) atoms. The number of piperazine rings is 1. The van der Waals surface area contributed by atoms with Crippen LogP contribution in [0.4, 0.5) is 0 Å². The third kappa shape index (κ3) is 4.05. The molecule has 1 N–H and O–H groups in total. The molecule has 2 rings (SSSR count). The van der Waals surface area contributed by atoms with Crippen LogP contribution >= 0.6 is 0 Å². The first-order valence-corrected chi connectivity index (χ1v) is 7.15. The number of hydrogen-bond acceptors (Lipinski definition) is 5. The summed E-state index contributed by atoms with van der Waals surface area (Å²) in [6.07, 6.45) is 0.351. The van der Waals surface area contributed by atoms with E-state index in [9.17, 15) is 4.79 Å². The lowest BCUT2D eigenvalue weighted by Gasteiger charge is -2.32. The van der Waals surface area contributed by atoms with Gasteiger partial charge in [-0.05, 0) is 20.9 Å². The van der Waals surface area contributed by atoms with Crippen molar-refractivity contribution in [3.05, 3.63) is 17.0 Å². The maximum Gasteiger partial charge on any atom is 0.224 e. The monoisotopic (exact) mass is 280 g/mol. The molecule has 1 fully saturated rings. The van der Waals surface area contributed by atoms with Crippen molar-refractivity contribution in [2.45, 2.75) is 20.3 Å². The van der Waals surface area contributed by atoms with E-state index in [-0.39, 0.29) is 5.91 Å². The van der Waals surface area contributed by atoms with Gasteiger partial charge < -0.3 is 14.7 Å². The molecule has 1 aromatic heterocycles. The van der Waals surface area contributed by atoms with Crippen LogP contribution in [0.15, 0.2) is 4.52 Å². The number of aromatic nitrogens is 1. The summed E-state index contributed by atoms with van der Waals surface area (Å²) in [5.41, 5.74) is 1.71. The number of aryl methyl sites for hydroxylation is 2. The summed E-state index contributed by atoms with van der Waals surface area (Å²) in [6.45, 7) is 9.69. The molecule has 0 aliphatic carbocycles. The first kappa shape index (κ1) is 15.0. The summed E-state index contributed by atoms with van der Waals surface area (Å²) in [7, 11) is 2.14. The number of hydrogen-bond donors (Lipinski definition) is 1. The van der Waals surface area contributed by atoms with Crippen LogP contribution in [-0.2, 0) is 11.2 Å². The van der Waals surface area contributed by atoms with Gasteiger partial charge in [0.1, 0.15) is 5.76 Å². The quantitative estimate of drug-likeness (QED) is 0.835. The van der Waals surface area contributed by atoms with Crippen LogP contribution < -0.4 is 5.32 Å². The van der Waals surface area contributed by atoms with Crippen LogP contribution in [0.1, 0.15) is 17.0 Å². The van der Waals surface area contributed by atoms with Crippen LogP contribution in [0.3, 0.4) is 0 Å². The smallest absolute Gasteiger partial charge is 0.224 e. The highest BCUT2D eigenvalue weighted by molar-refractivity contribution is 5.78. The molecule has 0 saturated carbocycles. The van der Waals surface area contributed by atoms with Crippen LogP contribution in [-0.4, -0.2) is 67.2 Å². The maximum absolute atomic E-state index is 11.9. The zero-order chi connectivity index (χ0) is 14.5. The van der Waals surface area contributed by atoms with Gasteiger partial charge in [-0.2, -0.15) is 0 Å². The average molecular weight is 280 g/mol. The van der Waals surface area contributed by atoms with Gasteiger partial charge in [-0.25, -0.2) is 0 Å². The fourth-order valence-corrected chi connectivity index (χ4v) is 2.40. The van der Waals surface area contributed by atoms with Crippen molar-refractivity contribution in [1.82, 2.24) is 20.3 Å². The topological polar surface area (TPSA) is 61.6 Å². The molecule has 112 valence electrons. The summed E-state index contributed by atoms with van der Waals surface area (Å²) in [5.74, 6) is 0.769. The van der Waals surface area contributed by atoms with Crippen LogP contribution in [0.5, 0.6) is 0 Å². The Bertz CT molecular complexity index is 431. The van der Waals surface area contributed by atoms with E-state index >= 15 is 0 Å². The number of carbonyl (C=O) groups excluding carboxylic acids is 1. The molecule has 6 nitrogen and oxygen atoms in total. The fraction of sp³-hybridized carbons (Fsp3) is 0.714. The van der Waals surface area contributed by atoms with Gasteiger partial charge in [0.2, 0.25) is 5.91 Å². The van der Waals surface area contributed by atoms with Crippen molar-refractivity contribution in [3.8, 4) is 0 Å². The fourth-order valence-electron chi connectivity index (χ4n) is 2.40. The predicted octanol–water partition coefficient (Wildman–Crippen LogP) is 0.198. The van der Waals surface area contributed by atoms with Gasteiger partial charge in [0.05, 0.1) is 12.1 Å². The van der Waals surface area contributed by atoms with Crippen molar-refractivity contribution in [3.63, 3.8) is 0 Å². The predicted molar refractivity (Wildman–Crippen MR) is 76.6 cm³/mol. The average Bonchev–Trinajstić information content (AvgIpc) is 2.73. The molecule has 1 saturated heterocycles. The highest BCUT2D eigenvalue weighted by Crippen LogP contribution is 2.12. The molecular formula is C14H24N4O2.